The molecular formula is C22H24N2O3S. The van der Waals surface area contributed by atoms with Crippen molar-refractivity contribution in [3.63, 3.8) is 0 Å². The molecule has 0 aliphatic rings. The Kier molecular flexibility index (Phi) is 6.41. The summed E-state index contributed by atoms with van der Waals surface area (Å²) in [5, 5.41) is 3.87. The fourth-order valence-corrected chi connectivity index (χ4v) is 3.61. The fraction of sp³-hybridized carbons (Fsp3) is 0.273. The van der Waals surface area contributed by atoms with Crippen molar-refractivity contribution in [1.82, 2.24) is 4.90 Å². The van der Waals surface area contributed by atoms with Crippen molar-refractivity contribution < 1.29 is 14.0 Å². The zero-order valence-electron chi connectivity index (χ0n) is 16.3. The Labute approximate surface area is 169 Å². The number of fused-ring (bicyclic) bond motifs is 1. The van der Waals surface area contributed by atoms with E-state index in [1.165, 1.54) is 11.8 Å². The van der Waals surface area contributed by atoms with Gasteiger partial charge in [-0.15, -0.1) is 11.8 Å². The monoisotopic (exact) mass is 396 g/mol. The number of carbonyl (C=O) groups is 2. The zero-order chi connectivity index (χ0) is 20.1. The number of benzene rings is 2. The van der Waals surface area contributed by atoms with Gasteiger partial charge in [-0.25, -0.2) is 0 Å². The first-order valence-electron chi connectivity index (χ1n) is 9.12. The summed E-state index contributed by atoms with van der Waals surface area (Å²) >= 11 is 1.30. The number of carbonyl (C=O) groups excluding carboxylic acids is 2. The molecule has 28 heavy (non-hydrogen) atoms. The molecule has 0 radical (unpaired) electrons. The quantitative estimate of drug-likeness (QED) is 0.632. The van der Waals surface area contributed by atoms with Crippen LogP contribution in [-0.2, 0) is 9.59 Å². The number of nitrogens with one attached hydrogen (secondary N) is 1. The van der Waals surface area contributed by atoms with Crippen molar-refractivity contribution in [3.8, 4) is 0 Å². The summed E-state index contributed by atoms with van der Waals surface area (Å²) < 4.78 is 5.86. The molecule has 0 saturated carbocycles. The third kappa shape index (κ3) is 4.95. The van der Waals surface area contributed by atoms with Crippen LogP contribution in [0.2, 0.25) is 0 Å². The third-order valence-electron chi connectivity index (χ3n) is 4.59. The number of aryl methyl sites for hydroxylation is 1. The van der Waals surface area contributed by atoms with Gasteiger partial charge in [-0.05, 0) is 43.7 Å². The highest BCUT2D eigenvalue weighted by molar-refractivity contribution is 8.00. The van der Waals surface area contributed by atoms with Gasteiger partial charge in [0.1, 0.15) is 11.3 Å². The Morgan fingerprint density at radius 3 is 2.64 bits per heavy atom. The number of furan rings is 1. The molecular weight excluding hydrogens is 372 g/mol. The van der Waals surface area contributed by atoms with Crippen LogP contribution in [0.5, 0.6) is 0 Å². The van der Waals surface area contributed by atoms with Crippen molar-refractivity contribution in [3.05, 3.63) is 65.9 Å². The van der Waals surface area contributed by atoms with E-state index in [4.69, 9.17) is 4.42 Å². The number of anilines is 1. The minimum atomic E-state index is -0.179. The molecule has 0 spiro atoms. The number of hydrogen-bond donors (Lipinski definition) is 1. The lowest BCUT2D eigenvalue weighted by molar-refractivity contribution is -0.129. The first-order valence-corrected chi connectivity index (χ1v) is 10.3. The minimum absolute atomic E-state index is 0.0405. The van der Waals surface area contributed by atoms with Crippen molar-refractivity contribution in [2.24, 2.45) is 0 Å². The van der Waals surface area contributed by atoms with Crippen LogP contribution in [0.1, 0.15) is 24.3 Å². The maximum Gasteiger partial charge on any atom is 0.234 e. The highest BCUT2D eigenvalue weighted by Gasteiger charge is 2.21. The Morgan fingerprint density at radius 1 is 1.11 bits per heavy atom. The van der Waals surface area contributed by atoms with Crippen LogP contribution < -0.4 is 5.32 Å². The lowest BCUT2D eigenvalue weighted by atomic mass is 10.2. The van der Waals surface area contributed by atoms with Gasteiger partial charge in [0, 0.05) is 18.1 Å². The van der Waals surface area contributed by atoms with Crippen molar-refractivity contribution in [2.75, 3.05) is 23.9 Å². The van der Waals surface area contributed by atoms with E-state index in [0.29, 0.717) is 0 Å². The summed E-state index contributed by atoms with van der Waals surface area (Å²) in [6.45, 7) is 3.91. The molecule has 146 valence electrons. The standard InChI is InChI=1S/C22H24N2O3S/c1-15-7-6-9-18(11-15)23-21(25)13-28-14-22(26)24(3)16(2)20-12-17-8-4-5-10-19(17)27-20/h4-12,16H,13-14H2,1-3H3,(H,23,25). The third-order valence-corrected chi connectivity index (χ3v) is 5.51. The number of nitrogens with zero attached hydrogens (tertiary/aromatic N) is 1. The van der Waals surface area contributed by atoms with E-state index in [2.05, 4.69) is 5.32 Å². The van der Waals surface area contributed by atoms with Crippen LogP contribution in [0.25, 0.3) is 11.0 Å². The van der Waals surface area contributed by atoms with E-state index in [0.717, 1.165) is 28.0 Å². The lowest BCUT2D eigenvalue weighted by Gasteiger charge is -2.23. The van der Waals surface area contributed by atoms with Crippen molar-refractivity contribution in [1.29, 1.82) is 0 Å². The Balaban J connectivity index is 1.49. The number of rotatable bonds is 7. The van der Waals surface area contributed by atoms with Gasteiger partial charge in [0.15, 0.2) is 0 Å². The molecule has 5 nitrogen and oxygen atoms in total. The summed E-state index contributed by atoms with van der Waals surface area (Å²) in [5.41, 5.74) is 2.67. The molecule has 0 bridgehead atoms. The summed E-state index contributed by atoms with van der Waals surface area (Å²) in [4.78, 5) is 26.2. The maximum absolute atomic E-state index is 12.5. The second kappa shape index (κ2) is 8.97. The van der Waals surface area contributed by atoms with Crippen LogP contribution in [0.15, 0.2) is 59.0 Å². The highest BCUT2D eigenvalue weighted by Crippen LogP contribution is 2.27. The molecule has 0 saturated heterocycles. The number of hydrogen-bond acceptors (Lipinski definition) is 4. The van der Waals surface area contributed by atoms with Crippen molar-refractivity contribution in [2.45, 2.75) is 19.9 Å². The van der Waals surface area contributed by atoms with E-state index >= 15 is 0 Å². The maximum atomic E-state index is 12.5. The molecule has 2 amide bonds. The van der Waals surface area contributed by atoms with Gasteiger partial charge < -0.3 is 14.6 Å². The molecule has 1 atom stereocenters. The van der Waals surface area contributed by atoms with Crippen LogP contribution >= 0.6 is 11.8 Å². The van der Waals surface area contributed by atoms with E-state index < -0.39 is 0 Å². The molecule has 1 aromatic heterocycles. The molecule has 3 rings (SSSR count). The second-order valence-corrected chi connectivity index (χ2v) is 7.76. The molecule has 3 aromatic rings. The van der Waals surface area contributed by atoms with Gasteiger partial charge in [0.2, 0.25) is 11.8 Å². The second-order valence-electron chi connectivity index (χ2n) is 6.78. The summed E-state index contributed by atoms with van der Waals surface area (Å²) in [6, 6.07) is 17.2. The van der Waals surface area contributed by atoms with E-state index in [9.17, 15) is 9.59 Å². The van der Waals surface area contributed by atoms with Crippen LogP contribution in [0, 0.1) is 6.92 Å². The van der Waals surface area contributed by atoms with Gasteiger partial charge in [-0.3, -0.25) is 9.59 Å². The lowest BCUT2D eigenvalue weighted by Crippen LogP contribution is -2.31. The molecule has 2 aromatic carbocycles. The minimum Gasteiger partial charge on any atom is -0.459 e. The topological polar surface area (TPSA) is 62.6 Å². The first kappa shape index (κ1) is 20.0. The van der Waals surface area contributed by atoms with Crippen LogP contribution in [0.3, 0.4) is 0 Å². The molecule has 1 N–H and O–H groups in total. The highest BCUT2D eigenvalue weighted by atomic mass is 32.2. The van der Waals surface area contributed by atoms with Crippen LogP contribution in [-0.4, -0.2) is 35.3 Å². The van der Waals surface area contributed by atoms with E-state index in [1.54, 1.807) is 11.9 Å². The number of para-hydroxylation sites is 1. The van der Waals surface area contributed by atoms with Gasteiger partial charge >= 0.3 is 0 Å². The predicted octanol–water partition coefficient (Wildman–Crippen LogP) is 4.63. The van der Waals surface area contributed by atoms with Gasteiger partial charge in [-0.2, -0.15) is 0 Å². The summed E-state index contributed by atoms with van der Waals surface area (Å²) in [7, 11) is 1.76. The predicted molar refractivity (Wildman–Crippen MR) is 115 cm³/mol. The zero-order valence-corrected chi connectivity index (χ0v) is 17.1. The Bertz CT molecular complexity index is 950. The Morgan fingerprint density at radius 2 is 1.89 bits per heavy atom. The largest absolute Gasteiger partial charge is 0.459 e. The average Bonchev–Trinajstić information content (AvgIpc) is 3.11. The first-order chi connectivity index (χ1) is 13.4. The number of amides is 2. The Hall–Kier alpha value is -2.73. The molecule has 1 unspecified atom stereocenters. The van der Waals surface area contributed by atoms with Gasteiger partial charge in [0.25, 0.3) is 0 Å². The van der Waals surface area contributed by atoms with Gasteiger partial charge in [0.05, 0.1) is 17.5 Å². The SMILES string of the molecule is Cc1cccc(NC(=O)CSCC(=O)N(C)C(C)c2cc3ccccc3o2)c1. The number of thioether (sulfide) groups is 1. The molecule has 0 aliphatic carbocycles. The summed E-state index contributed by atoms with van der Waals surface area (Å²) in [5.74, 6) is 1.06. The van der Waals surface area contributed by atoms with Gasteiger partial charge in [-0.1, -0.05) is 30.3 Å². The fourth-order valence-electron chi connectivity index (χ4n) is 2.87. The smallest absolute Gasteiger partial charge is 0.234 e. The van der Waals surface area contributed by atoms with E-state index in [1.807, 2.05) is 68.4 Å². The molecule has 6 heteroatoms. The normalized spacial score (nSPS) is 12.0. The molecule has 1 heterocycles. The van der Waals surface area contributed by atoms with Crippen LogP contribution in [0.4, 0.5) is 5.69 Å². The van der Waals surface area contributed by atoms with E-state index in [-0.39, 0.29) is 29.4 Å². The van der Waals surface area contributed by atoms with Crippen molar-refractivity contribution >= 4 is 40.2 Å². The molecule has 0 aliphatic heterocycles. The summed E-state index contributed by atoms with van der Waals surface area (Å²) in [6.07, 6.45) is 0. The average molecular weight is 397 g/mol. The molecule has 0 fully saturated rings.